The number of benzene rings is 1. The van der Waals surface area contributed by atoms with E-state index in [1.165, 1.54) is 21.6 Å². The van der Waals surface area contributed by atoms with Crippen LogP contribution >= 0.6 is 11.8 Å². The summed E-state index contributed by atoms with van der Waals surface area (Å²) in [5.41, 5.74) is 2.48. The maximum atomic E-state index is 4.50. The Morgan fingerprint density at radius 2 is 2.10 bits per heavy atom. The van der Waals surface area contributed by atoms with Crippen molar-refractivity contribution >= 4 is 28.5 Å². The Labute approximate surface area is 124 Å². The lowest BCUT2D eigenvalue weighted by molar-refractivity contribution is 0.539. The Morgan fingerprint density at radius 1 is 1.25 bits per heavy atom. The van der Waals surface area contributed by atoms with Gasteiger partial charge in [0.1, 0.15) is 12.1 Å². The van der Waals surface area contributed by atoms with Crippen molar-refractivity contribution in [3.05, 3.63) is 24.0 Å². The number of aryl methyl sites for hydroxylation is 1. The molecule has 1 aromatic carbocycles. The fraction of sp³-hybridized carbons (Fsp3) is 0.500. The number of hydrogen-bond donors (Lipinski definition) is 1. The first-order valence-corrected chi connectivity index (χ1v) is 8.29. The monoisotopic (exact) mass is 287 g/mol. The van der Waals surface area contributed by atoms with E-state index >= 15 is 0 Å². The molecule has 0 saturated carbocycles. The van der Waals surface area contributed by atoms with Crippen LogP contribution in [0.4, 0.5) is 5.82 Å². The van der Waals surface area contributed by atoms with Crippen LogP contribution in [0.15, 0.2) is 23.4 Å². The van der Waals surface area contributed by atoms with E-state index in [2.05, 4.69) is 48.2 Å². The van der Waals surface area contributed by atoms with E-state index < -0.39 is 0 Å². The van der Waals surface area contributed by atoms with Crippen molar-refractivity contribution in [1.82, 2.24) is 9.97 Å². The van der Waals surface area contributed by atoms with Crippen LogP contribution in [0.3, 0.4) is 0 Å². The summed E-state index contributed by atoms with van der Waals surface area (Å²) in [4.78, 5) is 10.3. The fourth-order valence-corrected chi connectivity index (χ4v) is 4.03. The van der Waals surface area contributed by atoms with Gasteiger partial charge in [0.15, 0.2) is 0 Å². The lowest BCUT2D eigenvalue weighted by Gasteiger charge is -2.18. The Kier molecular flexibility index (Phi) is 3.83. The van der Waals surface area contributed by atoms with Gasteiger partial charge in [0, 0.05) is 22.1 Å². The van der Waals surface area contributed by atoms with Crippen LogP contribution < -0.4 is 5.32 Å². The summed E-state index contributed by atoms with van der Waals surface area (Å²) in [6, 6.07) is 4.74. The summed E-state index contributed by atoms with van der Waals surface area (Å²) in [5.74, 6) is 2.86. The van der Waals surface area contributed by atoms with Crippen LogP contribution in [0, 0.1) is 5.92 Å². The fourth-order valence-electron chi connectivity index (χ4n) is 2.96. The molecule has 0 spiro atoms. The van der Waals surface area contributed by atoms with E-state index in [4.69, 9.17) is 0 Å². The lowest BCUT2D eigenvalue weighted by atomic mass is 10.0. The van der Waals surface area contributed by atoms with E-state index in [1.807, 2.05) is 11.8 Å². The Balaban J connectivity index is 2.00. The van der Waals surface area contributed by atoms with Gasteiger partial charge in [0.25, 0.3) is 0 Å². The quantitative estimate of drug-likeness (QED) is 0.917. The molecule has 1 atom stereocenters. The molecule has 4 heteroatoms. The number of hydrogen-bond acceptors (Lipinski definition) is 4. The predicted molar refractivity (Wildman–Crippen MR) is 86.5 cm³/mol. The molecule has 0 aliphatic carbocycles. The van der Waals surface area contributed by atoms with Crippen LogP contribution in [-0.4, -0.2) is 21.8 Å². The van der Waals surface area contributed by atoms with E-state index in [9.17, 15) is 0 Å². The maximum Gasteiger partial charge on any atom is 0.137 e. The summed E-state index contributed by atoms with van der Waals surface area (Å²) < 4.78 is 0. The SMILES string of the molecule is CC(C)CC(C)Nc1ncnc2ccc3c(c12)CCS3. The van der Waals surface area contributed by atoms with Gasteiger partial charge in [-0.1, -0.05) is 13.8 Å². The number of rotatable bonds is 4. The van der Waals surface area contributed by atoms with Crippen LogP contribution in [0.5, 0.6) is 0 Å². The molecule has 0 radical (unpaired) electrons. The summed E-state index contributed by atoms with van der Waals surface area (Å²) in [6.07, 6.45) is 3.94. The minimum absolute atomic E-state index is 0.429. The zero-order chi connectivity index (χ0) is 14.1. The minimum atomic E-state index is 0.429. The van der Waals surface area contributed by atoms with Crippen molar-refractivity contribution in [2.75, 3.05) is 11.1 Å². The third-order valence-electron chi connectivity index (χ3n) is 3.69. The van der Waals surface area contributed by atoms with Gasteiger partial charge in [-0.2, -0.15) is 0 Å². The summed E-state index contributed by atoms with van der Waals surface area (Å²) in [5, 5.41) is 4.81. The molecule has 0 saturated heterocycles. The van der Waals surface area contributed by atoms with Crippen molar-refractivity contribution in [3.63, 3.8) is 0 Å². The number of anilines is 1. The number of aromatic nitrogens is 2. The molecule has 106 valence electrons. The van der Waals surface area contributed by atoms with Gasteiger partial charge in [0.05, 0.1) is 5.52 Å². The molecule has 1 aliphatic heterocycles. The van der Waals surface area contributed by atoms with Crippen LogP contribution in [-0.2, 0) is 6.42 Å². The second kappa shape index (κ2) is 5.60. The third-order valence-corrected chi connectivity index (χ3v) is 4.79. The largest absolute Gasteiger partial charge is 0.367 e. The molecule has 0 bridgehead atoms. The van der Waals surface area contributed by atoms with Crippen molar-refractivity contribution in [3.8, 4) is 0 Å². The minimum Gasteiger partial charge on any atom is -0.367 e. The third kappa shape index (κ3) is 2.62. The Morgan fingerprint density at radius 3 is 2.90 bits per heavy atom. The highest BCUT2D eigenvalue weighted by atomic mass is 32.2. The highest BCUT2D eigenvalue weighted by Gasteiger charge is 2.18. The molecule has 2 heterocycles. The average Bonchev–Trinajstić information content (AvgIpc) is 2.86. The standard InChI is InChI=1S/C16H21N3S/c1-10(2)8-11(3)19-16-15-12-6-7-20-14(12)5-4-13(15)17-9-18-16/h4-5,9-11H,6-8H2,1-3H3,(H,17,18,19). The Bertz CT molecular complexity index is 624. The second-order valence-electron chi connectivity index (χ2n) is 5.93. The molecule has 0 amide bonds. The number of nitrogens with zero attached hydrogens (tertiary/aromatic N) is 2. The molecular formula is C16H21N3S. The molecule has 1 aromatic heterocycles. The normalized spacial score (nSPS) is 15.6. The van der Waals surface area contributed by atoms with Crippen molar-refractivity contribution in [2.45, 2.75) is 44.6 Å². The molecular weight excluding hydrogens is 266 g/mol. The second-order valence-corrected chi connectivity index (χ2v) is 7.07. The van der Waals surface area contributed by atoms with E-state index in [1.54, 1.807) is 6.33 Å². The first-order chi connectivity index (χ1) is 9.65. The van der Waals surface area contributed by atoms with Gasteiger partial charge < -0.3 is 5.32 Å². The highest BCUT2D eigenvalue weighted by molar-refractivity contribution is 7.99. The van der Waals surface area contributed by atoms with Crippen LogP contribution in [0.1, 0.15) is 32.8 Å². The van der Waals surface area contributed by atoms with Crippen molar-refractivity contribution in [1.29, 1.82) is 0 Å². The number of nitrogens with one attached hydrogen (secondary N) is 1. The highest BCUT2D eigenvalue weighted by Crippen LogP contribution is 2.38. The summed E-state index contributed by atoms with van der Waals surface area (Å²) in [7, 11) is 0. The molecule has 2 aromatic rings. The maximum absolute atomic E-state index is 4.50. The molecule has 3 rings (SSSR count). The molecule has 1 aliphatic rings. The first kappa shape index (κ1) is 13.7. The van der Waals surface area contributed by atoms with Gasteiger partial charge >= 0.3 is 0 Å². The van der Waals surface area contributed by atoms with Gasteiger partial charge in [-0.25, -0.2) is 9.97 Å². The van der Waals surface area contributed by atoms with Crippen LogP contribution in [0.25, 0.3) is 10.9 Å². The molecule has 20 heavy (non-hydrogen) atoms. The van der Waals surface area contributed by atoms with E-state index in [-0.39, 0.29) is 0 Å². The van der Waals surface area contributed by atoms with E-state index in [0.717, 1.165) is 24.2 Å². The first-order valence-electron chi connectivity index (χ1n) is 7.31. The molecule has 3 nitrogen and oxygen atoms in total. The van der Waals surface area contributed by atoms with Crippen LogP contribution in [0.2, 0.25) is 0 Å². The van der Waals surface area contributed by atoms with Gasteiger partial charge in [-0.15, -0.1) is 11.8 Å². The predicted octanol–water partition coefficient (Wildman–Crippen LogP) is 4.12. The van der Waals surface area contributed by atoms with Crippen molar-refractivity contribution in [2.24, 2.45) is 5.92 Å². The van der Waals surface area contributed by atoms with E-state index in [0.29, 0.717) is 12.0 Å². The molecule has 1 unspecified atom stereocenters. The summed E-state index contributed by atoms with van der Waals surface area (Å²) in [6.45, 7) is 6.74. The average molecular weight is 287 g/mol. The van der Waals surface area contributed by atoms with Gasteiger partial charge in [-0.3, -0.25) is 0 Å². The zero-order valence-electron chi connectivity index (χ0n) is 12.3. The van der Waals surface area contributed by atoms with Gasteiger partial charge in [0.2, 0.25) is 0 Å². The summed E-state index contributed by atoms with van der Waals surface area (Å²) >= 11 is 1.94. The lowest BCUT2D eigenvalue weighted by Crippen LogP contribution is -2.18. The smallest absolute Gasteiger partial charge is 0.137 e. The van der Waals surface area contributed by atoms with Crippen molar-refractivity contribution < 1.29 is 0 Å². The topological polar surface area (TPSA) is 37.8 Å². The Hall–Kier alpha value is -1.29. The van der Waals surface area contributed by atoms with Gasteiger partial charge in [-0.05, 0) is 43.4 Å². The molecule has 0 fully saturated rings. The molecule has 1 N–H and O–H groups in total. The number of thioether (sulfide) groups is 1. The zero-order valence-corrected chi connectivity index (χ0v) is 13.1. The number of fused-ring (bicyclic) bond motifs is 3.